The average molecular weight is 226 g/mol. The predicted molar refractivity (Wildman–Crippen MR) is 69.8 cm³/mol. The highest BCUT2D eigenvalue weighted by molar-refractivity contribution is 5.34. The standard InChI is InChI=1S/C15H18N2/c1-17-10-4-6-13(17)11-16-15-9-8-12-5-2-3-7-14(12)15/h2-7,10,15-16H,8-9,11H2,1H3. The van der Waals surface area contributed by atoms with Gasteiger partial charge in [0.1, 0.15) is 0 Å². The third-order valence-corrected chi connectivity index (χ3v) is 3.71. The van der Waals surface area contributed by atoms with Crippen molar-refractivity contribution >= 4 is 0 Å². The predicted octanol–water partition coefficient (Wildman–Crippen LogP) is 2.80. The second kappa shape index (κ2) is 4.38. The van der Waals surface area contributed by atoms with Crippen molar-refractivity contribution in [1.29, 1.82) is 0 Å². The molecule has 1 aliphatic carbocycles. The molecular formula is C15H18N2. The molecule has 0 fully saturated rings. The number of nitrogens with one attached hydrogen (secondary N) is 1. The Balaban J connectivity index is 1.70. The van der Waals surface area contributed by atoms with Gasteiger partial charge in [-0.2, -0.15) is 0 Å². The molecular weight excluding hydrogens is 208 g/mol. The van der Waals surface area contributed by atoms with Crippen molar-refractivity contribution in [1.82, 2.24) is 9.88 Å². The summed E-state index contributed by atoms with van der Waals surface area (Å²) in [4.78, 5) is 0. The number of aromatic nitrogens is 1. The van der Waals surface area contributed by atoms with Crippen LogP contribution in [0, 0.1) is 0 Å². The van der Waals surface area contributed by atoms with Crippen LogP contribution < -0.4 is 5.32 Å². The van der Waals surface area contributed by atoms with Crippen molar-refractivity contribution < 1.29 is 0 Å². The summed E-state index contributed by atoms with van der Waals surface area (Å²) in [5.41, 5.74) is 4.34. The van der Waals surface area contributed by atoms with Gasteiger partial charge in [0.15, 0.2) is 0 Å². The van der Waals surface area contributed by atoms with E-state index in [0.717, 1.165) is 6.54 Å². The third kappa shape index (κ3) is 2.01. The number of rotatable bonds is 3. The van der Waals surface area contributed by atoms with Crippen molar-refractivity contribution in [2.45, 2.75) is 25.4 Å². The highest BCUT2D eigenvalue weighted by atomic mass is 15.0. The largest absolute Gasteiger partial charge is 0.353 e. The van der Waals surface area contributed by atoms with Crippen molar-refractivity contribution in [2.24, 2.45) is 7.05 Å². The van der Waals surface area contributed by atoms with Gasteiger partial charge in [-0.3, -0.25) is 0 Å². The fourth-order valence-corrected chi connectivity index (χ4v) is 2.68. The van der Waals surface area contributed by atoms with E-state index in [0.29, 0.717) is 6.04 Å². The molecule has 1 unspecified atom stereocenters. The molecule has 1 N–H and O–H groups in total. The Morgan fingerprint density at radius 3 is 2.94 bits per heavy atom. The fraction of sp³-hybridized carbons (Fsp3) is 0.333. The van der Waals surface area contributed by atoms with Gasteiger partial charge in [0.25, 0.3) is 0 Å². The molecule has 0 amide bonds. The lowest BCUT2D eigenvalue weighted by atomic mass is 10.1. The van der Waals surface area contributed by atoms with Crippen LogP contribution in [0.2, 0.25) is 0 Å². The van der Waals surface area contributed by atoms with Crippen LogP contribution >= 0.6 is 0 Å². The number of fused-ring (bicyclic) bond motifs is 1. The van der Waals surface area contributed by atoms with E-state index in [-0.39, 0.29) is 0 Å². The van der Waals surface area contributed by atoms with E-state index in [1.807, 2.05) is 0 Å². The maximum atomic E-state index is 3.66. The fourth-order valence-electron chi connectivity index (χ4n) is 2.68. The summed E-state index contributed by atoms with van der Waals surface area (Å²) in [6, 6.07) is 13.6. The lowest BCUT2D eigenvalue weighted by Crippen LogP contribution is -2.19. The number of hydrogen-bond donors (Lipinski definition) is 1. The lowest BCUT2D eigenvalue weighted by Gasteiger charge is -2.14. The molecule has 2 nitrogen and oxygen atoms in total. The summed E-state index contributed by atoms with van der Waals surface area (Å²) < 4.78 is 2.17. The minimum absolute atomic E-state index is 0.529. The van der Waals surface area contributed by atoms with E-state index in [4.69, 9.17) is 0 Å². The summed E-state index contributed by atoms with van der Waals surface area (Å²) in [6.45, 7) is 0.947. The van der Waals surface area contributed by atoms with Crippen LogP contribution in [-0.2, 0) is 20.0 Å². The van der Waals surface area contributed by atoms with Crippen LogP contribution in [0.1, 0.15) is 29.3 Å². The van der Waals surface area contributed by atoms with E-state index in [1.54, 1.807) is 0 Å². The van der Waals surface area contributed by atoms with Crippen molar-refractivity contribution in [2.75, 3.05) is 0 Å². The van der Waals surface area contributed by atoms with Crippen LogP contribution in [0.5, 0.6) is 0 Å². The summed E-state index contributed by atoms with van der Waals surface area (Å²) in [5, 5.41) is 3.66. The Bertz CT molecular complexity index is 513. The molecule has 88 valence electrons. The molecule has 1 aromatic heterocycles. The van der Waals surface area contributed by atoms with Gasteiger partial charge in [-0.15, -0.1) is 0 Å². The molecule has 0 aliphatic heterocycles. The highest BCUT2D eigenvalue weighted by Gasteiger charge is 2.21. The van der Waals surface area contributed by atoms with Crippen molar-refractivity contribution in [3.05, 3.63) is 59.4 Å². The minimum atomic E-state index is 0.529. The molecule has 0 saturated carbocycles. The van der Waals surface area contributed by atoms with Crippen LogP contribution in [0.25, 0.3) is 0 Å². The van der Waals surface area contributed by atoms with Gasteiger partial charge in [0.05, 0.1) is 0 Å². The van der Waals surface area contributed by atoms with E-state index >= 15 is 0 Å². The van der Waals surface area contributed by atoms with Gasteiger partial charge in [-0.1, -0.05) is 24.3 Å². The minimum Gasteiger partial charge on any atom is -0.353 e. The SMILES string of the molecule is Cn1cccc1CNC1CCc2ccccc21. The normalized spacial score (nSPS) is 18.3. The Kier molecular flexibility index (Phi) is 2.73. The number of nitrogens with zero attached hydrogens (tertiary/aromatic N) is 1. The number of aryl methyl sites for hydroxylation is 2. The summed E-state index contributed by atoms with van der Waals surface area (Å²) in [5.74, 6) is 0. The molecule has 2 heteroatoms. The van der Waals surface area contributed by atoms with Gasteiger partial charge in [0.2, 0.25) is 0 Å². The second-order valence-corrected chi connectivity index (χ2v) is 4.78. The first-order chi connectivity index (χ1) is 8.34. The van der Waals surface area contributed by atoms with Crippen LogP contribution in [-0.4, -0.2) is 4.57 Å². The zero-order valence-electron chi connectivity index (χ0n) is 10.2. The smallest absolute Gasteiger partial charge is 0.0364 e. The molecule has 1 aromatic carbocycles. The topological polar surface area (TPSA) is 17.0 Å². The first-order valence-electron chi connectivity index (χ1n) is 6.26. The van der Waals surface area contributed by atoms with Gasteiger partial charge in [-0.05, 0) is 36.1 Å². The number of benzene rings is 1. The van der Waals surface area contributed by atoms with Gasteiger partial charge >= 0.3 is 0 Å². The van der Waals surface area contributed by atoms with Crippen molar-refractivity contribution in [3.8, 4) is 0 Å². The molecule has 17 heavy (non-hydrogen) atoms. The summed E-state index contributed by atoms with van der Waals surface area (Å²) in [7, 11) is 2.10. The van der Waals surface area contributed by atoms with Gasteiger partial charge < -0.3 is 9.88 Å². The zero-order valence-corrected chi connectivity index (χ0v) is 10.2. The van der Waals surface area contributed by atoms with Crippen LogP contribution in [0.3, 0.4) is 0 Å². The van der Waals surface area contributed by atoms with E-state index < -0.39 is 0 Å². The molecule has 0 spiro atoms. The lowest BCUT2D eigenvalue weighted by molar-refractivity contribution is 0.518. The highest BCUT2D eigenvalue weighted by Crippen LogP contribution is 2.30. The van der Waals surface area contributed by atoms with E-state index in [1.165, 1.54) is 29.7 Å². The first kappa shape index (κ1) is 10.6. The molecule has 0 bridgehead atoms. The maximum Gasteiger partial charge on any atom is 0.0364 e. The Labute approximate surface area is 102 Å². The molecule has 2 aromatic rings. The average Bonchev–Trinajstić information content (AvgIpc) is 2.93. The Morgan fingerprint density at radius 2 is 2.12 bits per heavy atom. The molecule has 0 saturated heterocycles. The second-order valence-electron chi connectivity index (χ2n) is 4.78. The van der Waals surface area contributed by atoms with Crippen molar-refractivity contribution in [3.63, 3.8) is 0 Å². The molecule has 1 atom stereocenters. The van der Waals surface area contributed by atoms with Crippen LogP contribution in [0.15, 0.2) is 42.6 Å². The first-order valence-corrected chi connectivity index (χ1v) is 6.26. The van der Waals surface area contributed by atoms with Gasteiger partial charge in [0, 0.05) is 31.5 Å². The Morgan fingerprint density at radius 1 is 1.24 bits per heavy atom. The zero-order chi connectivity index (χ0) is 11.7. The summed E-state index contributed by atoms with van der Waals surface area (Å²) >= 11 is 0. The van der Waals surface area contributed by atoms with Crippen LogP contribution in [0.4, 0.5) is 0 Å². The number of hydrogen-bond acceptors (Lipinski definition) is 1. The molecule has 0 radical (unpaired) electrons. The molecule has 1 heterocycles. The Hall–Kier alpha value is -1.54. The third-order valence-electron chi connectivity index (χ3n) is 3.71. The maximum absolute atomic E-state index is 3.66. The van der Waals surface area contributed by atoms with E-state index in [2.05, 4.69) is 59.5 Å². The van der Waals surface area contributed by atoms with E-state index in [9.17, 15) is 0 Å². The summed E-state index contributed by atoms with van der Waals surface area (Å²) in [6.07, 6.45) is 4.53. The quantitative estimate of drug-likeness (QED) is 0.851. The molecule has 1 aliphatic rings. The van der Waals surface area contributed by atoms with Gasteiger partial charge in [-0.25, -0.2) is 0 Å². The monoisotopic (exact) mass is 226 g/mol. The molecule has 3 rings (SSSR count).